The van der Waals surface area contributed by atoms with E-state index in [0.29, 0.717) is 0 Å². The minimum Gasteiger partial charge on any atom is -0.396 e. The van der Waals surface area contributed by atoms with Crippen LogP contribution < -0.4 is 0 Å². The maximum Gasteiger partial charge on any atom is 0.479 e. The Bertz CT molecular complexity index is 303. The van der Waals surface area contributed by atoms with E-state index in [4.69, 9.17) is 5.11 Å². The van der Waals surface area contributed by atoms with Crippen LogP contribution in [0.2, 0.25) is 0 Å². The zero-order valence-corrected chi connectivity index (χ0v) is 10.2. The quantitative estimate of drug-likeness (QED) is 0.740. The van der Waals surface area contributed by atoms with E-state index in [1.165, 1.54) is 6.92 Å². The van der Waals surface area contributed by atoms with Gasteiger partial charge in [0.05, 0.1) is 5.41 Å². The van der Waals surface area contributed by atoms with Crippen molar-refractivity contribution < 1.29 is 32.0 Å². The maximum atomic E-state index is 13.6. The van der Waals surface area contributed by atoms with Crippen molar-refractivity contribution in [2.24, 2.45) is 11.3 Å². The summed E-state index contributed by atoms with van der Waals surface area (Å²) in [7, 11) is -2.31. The zero-order chi connectivity index (χ0) is 12.6. The SMILES string of the molecule is COP(=O)(OC)OC(F)(F)[C@@]1(C)C[C@@H]1CO. The number of hydrogen-bond donors (Lipinski definition) is 1. The Morgan fingerprint density at radius 3 is 2.31 bits per heavy atom. The van der Waals surface area contributed by atoms with Crippen LogP contribution in [-0.4, -0.2) is 32.0 Å². The molecule has 0 aromatic rings. The van der Waals surface area contributed by atoms with Gasteiger partial charge in [-0.2, -0.15) is 8.78 Å². The minimum absolute atomic E-state index is 0.101. The van der Waals surface area contributed by atoms with E-state index < -0.39 is 25.3 Å². The summed E-state index contributed by atoms with van der Waals surface area (Å²) in [5.74, 6) is -0.565. The first-order valence-electron chi connectivity index (χ1n) is 4.65. The van der Waals surface area contributed by atoms with Crippen molar-refractivity contribution in [2.45, 2.75) is 19.5 Å². The van der Waals surface area contributed by atoms with Crippen LogP contribution in [0.15, 0.2) is 0 Å². The molecule has 8 heteroatoms. The fourth-order valence-electron chi connectivity index (χ4n) is 1.47. The van der Waals surface area contributed by atoms with Crippen LogP contribution in [0.3, 0.4) is 0 Å². The number of rotatable bonds is 6. The van der Waals surface area contributed by atoms with Crippen LogP contribution in [-0.2, 0) is 18.1 Å². The van der Waals surface area contributed by atoms with E-state index in [1.807, 2.05) is 0 Å². The van der Waals surface area contributed by atoms with Crippen LogP contribution in [0.25, 0.3) is 0 Å². The molecule has 1 aliphatic rings. The number of phosphoric acid groups is 1. The molecular formula is C8H15F2O5P. The Balaban J connectivity index is 2.77. The maximum absolute atomic E-state index is 13.6. The number of hydrogen-bond acceptors (Lipinski definition) is 5. The fourth-order valence-corrected chi connectivity index (χ4v) is 2.26. The monoisotopic (exact) mass is 260 g/mol. The Labute approximate surface area is 92.3 Å². The second-order valence-electron chi connectivity index (χ2n) is 3.92. The van der Waals surface area contributed by atoms with Gasteiger partial charge in [0.15, 0.2) is 0 Å². The predicted octanol–water partition coefficient (Wildman–Crippen LogP) is 2.02. The summed E-state index contributed by atoms with van der Waals surface area (Å²) < 4.78 is 51.4. The van der Waals surface area contributed by atoms with Crippen molar-refractivity contribution in [1.82, 2.24) is 0 Å². The molecule has 0 aromatic carbocycles. The molecule has 2 atom stereocenters. The summed E-state index contributed by atoms with van der Waals surface area (Å²) in [5.41, 5.74) is -1.52. The molecule has 0 aliphatic heterocycles. The smallest absolute Gasteiger partial charge is 0.396 e. The third-order valence-corrected chi connectivity index (χ3v) is 4.32. The second-order valence-corrected chi connectivity index (χ2v) is 5.73. The Kier molecular flexibility index (Phi) is 3.77. The molecule has 16 heavy (non-hydrogen) atoms. The number of aliphatic hydroxyl groups is 1. The first-order valence-corrected chi connectivity index (χ1v) is 6.11. The van der Waals surface area contributed by atoms with Crippen molar-refractivity contribution in [1.29, 1.82) is 0 Å². The van der Waals surface area contributed by atoms with Crippen molar-refractivity contribution in [3.8, 4) is 0 Å². The topological polar surface area (TPSA) is 65.0 Å². The number of alkyl halides is 2. The normalized spacial score (nSPS) is 30.5. The second kappa shape index (κ2) is 4.31. The molecule has 1 rings (SSSR count). The largest absolute Gasteiger partial charge is 0.479 e. The molecule has 1 N–H and O–H groups in total. The molecule has 0 bridgehead atoms. The van der Waals surface area contributed by atoms with Gasteiger partial charge in [-0.1, -0.05) is 6.92 Å². The molecule has 0 radical (unpaired) electrons. The van der Waals surface area contributed by atoms with E-state index >= 15 is 0 Å². The molecule has 0 saturated heterocycles. The first kappa shape index (κ1) is 14.0. The van der Waals surface area contributed by atoms with Crippen LogP contribution in [0.5, 0.6) is 0 Å². The van der Waals surface area contributed by atoms with E-state index in [0.717, 1.165) is 14.2 Å². The van der Waals surface area contributed by atoms with Gasteiger partial charge in [-0.3, -0.25) is 9.05 Å². The van der Waals surface area contributed by atoms with Gasteiger partial charge >= 0.3 is 13.9 Å². The highest BCUT2D eigenvalue weighted by atomic mass is 31.2. The first-order chi connectivity index (χ1) is 7.24. The summed E-state index contributed by atoms with van der Waals surface area (Å²) in [6, 6.07) is 0. The zero-order valence-electron chi connectivity index (χ0n) is 9.27. The van der Waals surface area contributed by atoms with Gasteiger partial charge < -0.3 is 5.11 Å². The van der Waals surface area contributed by atoms with Crippen LogP contribution in [0, 0.1) is 11.3 Å². The highest BCUT2D eigenvalue weighted by Crippen LogP contribution is 2.66. The van der Waals surface area contributed by atoms with Crippen molar-refractivity contribution in [2.75, 3.05) is 20.8 Å². The van der Waals surface area contributed by atoms with E-state index in [2.05, 4.69) is 13.6 Å². The van der Waals surface area contributed by atoms with E-state index in [-0.39, 0.29) is 13.0 Å². The molecule has 1 fully saturated rings. The highest BCUT2D eigenvalue weighted by molar-refractivity contribution is 7.48. The molecule has 0 unspecified atom stereocenters. The molecule has 0 amide bonds. The van der Waals surface area contributed by atoms with Gasteiger partial charge in [0, 0.05) is 20.8 Å². The van der Waals surface area contributed by atoms with Gasteiger partial charge in [-0.25, -0.2) is 9.09 Å². The van der Waals surface area contributed by atoms with Gasteiger partial charge in [0.25, 0.3) is 0 Å². The average molecular weight is 260 g/mol. The van der Waals surface area contributed by atoms with Crippen LogP contribution in [0.1, 0.15) is 13.3 Å². The Morgan fingerprint density at radius 1 is 1.50 bits per heavy atom. The van der Waals surface area contributed by atoms with Gasteiger partial charge in [-0.15, -0.1) is 0 Å². The number of aliphatic hydroxyl groups excluding tert-OH is 1. The van der Waals surface area contributed by atoms with E-state index in [1.54, 1.807) is 0 Å². The third-order valence-electron chi connectivity index (χ3n) is 2.97. The third kappa shape index (κ3) is 2.28. The Morgan fingerprint density at radius 2 is 2.00 bits per heavy atom. The van der Waals surface area contributed by atoms with Crippen LogP contribution >= 0.6 is 7.82 Å². The molecule has 1 saturated carbocycles. The summed E-state index contributed by atoms with van der Waals surface area (Å²) in [6.45, 7) is 0.892. The van der Waals surface area contributed by atoms with Gasteiger partial charge in [0.1, 0.15) is 0 Å². The van der Waals surface area contributed by atoms with Gasteiger partial charge in [0.2, 0.25) is 0 Å². The lowest BCUT2D eigenvalue weighted by Crippen LogP contribution is -2.32. The van der Waals surface area contributed by atoms with Gasteiger partial charge in [-0.05, 0) is 12.3 Å². The molecule has 0 spiro atoms. The number of phosphoric ester groups is 1. The Hall–Kier alpha value is -0.0700. The highest BCUT2D eigenvalue weighted by Gasteiger charge is 2.69. The molecular weight excluding hydrogens is 245 g/mol. The van der Waals surface area contributed by atoms with Crippen LogP contribution in [0.4, 0.5) is 8.78 Å². The lowest BCUT2D eigenvalue weighted by molar-refractivity contribution is -0.237. The summed E-state index contributed by atoms with van der Waals surface area (Å²) in [6.07, 6.45) is -3.56. The average Bonchev–Trinajstić information content (AvgIpc) is 2.91. The molecule has 0 heterocycles. The lowest BCUT2D eigenvalue weighted by Gasteiger charge is -2.26. The van der Waals surface area contributed by atoms with Crippen molar-refractivity contribution in [3.05, 3.63) is 0 Å². The predicted molar refractivity (Wildman–Crippen MR) is 51.0 cm³/mol. The number of halogens is 2. The summed E-state index contributed by atoms with van der Waals surface area (Å²) >= 11 is 0. The van der Waals surface area contributed by atoms with Crippen molar-refractivity contribution in [3.63, 3.8) is 0 Å². The lowest BCUT2D eigenvalue weighted by atomic mass is 10.1. The summed E-state index contributed by atoms with van der Waals surface area (Å²) in [4.78, 5) is 0. The summed E-state index contributed by atoms with van der Waals surface area (Å²) in [5, 5.41) is 8.80. The molecule has 96 valence electrons. The molecule has 5 nitrogen and oxygen atoms in total. The minimum atomic E-state index is -4.23. The fraction of sp³-hybridized carbons (Fsp3) is 1.00. The van der Waals surface area contributed by atoms with E-state index in [9.17, 15) is 13.3 Å². The molecule has 1 aliphatic carbocycles. The molecule has 0 aromatic heterocycles. The van der Waals surface area contributed by atoms with Crippen molar-refractivity contribution >= 4 is 7.82 Å². The standard InChI is InChI=1S/C8H15F2O5P/c1-7(4-6(7)5-11)8(9,10)15-16(12,13-2)14-3/h6,11H,4-5H2,1-3H3/t6-,7+/m1/s1.